The molecule has 4 nitrogen and oxygen atoms in total. The minimum absolute atomic E-state index is 0.218. The molecule has 2 aromatic rings. The Morgan fingerprint density at radius 3 is 2.52 bits per heavy atom. The van der Waals surface area contributed by atoms with Crippen LogP contribution in [0.1, 0.15) is 36.8 Å². The smallest absolute Gasteiger partial charge is 0.234 e. The Labute approximate surface area is 163 Å². The fourth-order valence-corrected chi connectivity index (χ4v) is 4.25. The number of carbonyl (C=O) groups excluding carboxylic acids is 2. The van der Waals surface area contributed by atoms with Gasteiger partial charge in [0.25, 0.3) is 0 Å². The summed E-state index contributed by atoms with van der Waals surface area (Å²) in [5.41, 5.74) is 4.23. The minimum atomic E-state index is -0.381. The summed E-state index contributed by atoms with van der Waals surface area (Å²) in [6, 6.07) is 14.2. The van der Waals surface area contributed by atoms with Gasteiger partial charge in [0.15, 0.2) is 0 Å². The second-order valence-corrected chi connectivity index (χ2v) is 8.27. The molecule has 0 bridgehead atoms. The molecule has 2 amide bonds. The molecule has 2 heterocycles. The van der Waals surface area contributed by atoms with Crippen LogP contribution in [0.5, 0.6) is 0 Å². The molecular weight excluding hydrogens is 362 g/mol. The second-order valence-electron chi connectivity index (χ2n) is 7.89. The van der Waals surface area contributed by atoms with Gasteiger partial charge in [0.1, 0.15) is 0 Å². The fourth-order valence-electron chi connectivity index (χ4n) is 3.88. The Morgan fingerprint density at radius 2 is 1.89 bits per heavy atom. The van der Waals surface area contributed by atoms with Gasteiger partial charge in [-0.1, -0.05) is 61.0 Å². The second kappa shape index (κ2) is 7.10. The highest BCUT2D eigenvalue weighted by molar-refractivity contribution is 6.34. The monoisotopic (exact) mass is 383 g/mol. The van der Waals surface area contributed by atoms with Crippen LogP contribution >= 0.6 is 11.6 Å². The van der Waals surface area contributed by atoms with Crippen molar-refractivity contribution in [3.05, 3.63) is 58.6 Å². The number of rotatable bonds is 4. The molecule has 2 aliphatic rings. The maximum Gasteiger partial charge on any atom is 0.234 e. The van der Waals surface area contributed by atoms with Gasteiger partial charge in [-0.25, -0.2) is 0 Å². The van der Waals surface area contributed by atoms with Crippen LogP contribution in [-0.2, 0) is 20.7 Å². The van der Waals surface area contributed by atoms with E-state index in [4.69, 9.17) is 16.3 Å². The van der Waals surface area contributed by atoms with Crippen LogP contribution in [0.15, 0.2) is 42.5 Å². The van der Waals surface area contributed by atoms with Crippen LogP contribution < -0.4 is 5.32 Å². The Bertz CT molecular complexity index is 887. The topological polar surface area (TPSA) is 55.4 Å². The van der Waals surface area contributed by atoms with E-state index in [9.17, 15) is 9.59 Å². The molecule has 2 aliphatic heterocycles. The molecule has 2 saturated heterocycles. The minimum Gasteiger partial charge on any atom is -0.380 e. The normalized spacial score (nSPS) is 21.5. The molecule has 5 heteroatoms. The van der Waals surface area contributed by atoms with Gasteiger partial charge < -0.3 is 4.74 Å². The molecule has 27 heavy (non-hydrogen) atoms. The summed E-state index contributed by atoms with van der Waals surface area (Å²) in [6.45, 7) is 3.87. The van der Waals surface area contributed by atoms with Gasteiger partial charge in [0.05, 0.1) is 24.2 Å². The van der Waals surface area contributed by atoms with Crippen molar-refractivity contribution in [1.29, 1.82) is 0 Å². The largest absolute Gasteiger partial charge is 0.380 e. The molecule has 140 valence electrons. The van der Waals surface area contributed by atoms with E-state index < -0.39 is 0 Å². The van der Waals surface area contributed by atoms with E-state index in [1.54, 1.807) is 0 Å². The number of amides is 2. The van der Waals surface area contributed by atoms with Crippen molar-refractivity contribution in [3.63, 3.8) is 0 Å². The molecule has 2 aromatic carbocycles. The summed E-state index contributed by atoms with van der Waals surface area (Å²) in [4.78, 5) is 23.6. The number of carbonyl (C=O) groups is 2. The van der Waals surface area contributed by atoms with Gasteiger partial charge >= 0.3 is 0 Å². The first-order chi connectivity index (χ1) is 13.0. The van der Waals surface area contributed by atoms with E-state index in [2.05, 4.69) is 36.5 Å². The number of piperidine rings is 1. The number of benzene rings is 2. The summed E-state index contributed by atoms with van der Waals surface area (Å²) >= 11 is 6.67. The number of hydrogen-bond donors (Lipinski definition) is 1. The first-order valence-electron chi connectivity index (χ1n) is 9.24. The third-order valence-corrected chi connectivity index (χ3v) is 5.86. The summed E-state index contributed by atoms with van der Waals surface area (Å²) in [5, 5.41) is 2.99. The first-order valence-corrected chi connectivity index (χ1v) is 9.62. The molecule has 1 atom stereocenters. The highest BCUT2D eigenvalue weighted by atomic mass is 35.5. The highest BCUT2D eigenvalue weighted by Crippen LogP contribution is 2.37. The lowest BCUT2D eigenvalue weighted by atomic mass is 9.82. The van der Waals surface area contributed by atoms with E-state index in [1.807, 2.05) is 18.2 Å². The standard InChI is InChI=1S/C22H22ClNO3/c1-22(12-27-13-22)11-14-5-7-15(8-6-14)16-3-2-4-17(20(16)23)18-9-10-19(25)24-21(18)26/h2-8,18H,9-13H2,1H3,(H,24,25,26). The summed E-state index contributed by atoms with van der Waals surface area (Å²) in [7, 11) is 0. The molecule has 0 saturated carbocycles. The molecule has 0 spiro atoms. The Balaban J connectivity index is 1.59. The van der Waals surface area contributed by atoms with Crippen LogP contribution in [0, 0.1) is 5.41 Å². The molecular formula is C22H22ClNO3. The van der Waals surface area contributed by atoms with Gasteiger partial charge in [-0.15, -0.1) is 0 Å². The van der Waals surface area contributed by atoms with Crippen LogP contribution in [0.2, 0.25) is 5.02 Å². The molecule has 1 N–H and O–H groups in total. The predicted octanol–water partition coefficient (Wildman–Crippen LogP) is 4.11. The SMILES string of the molecule is CC1(Cc2ccc(-c3cccc(C4CCC(=O)NC4=O)c3Cl)cc2)COC1. The highest BCUT2D eigenvalue weighted by Gasteiger charge is 2.33. The van der Waals surface area contributed by atoms with Crippen molar-refractivity contribution in [3.8, 4) is 11.1 Å². The van der Waals surface area contributed by atoms with Gasteiger partial charge in [-0.3, -0.25) is 14.9 Å². The number of nitrogens with one attached hydrogen (secondary N) is 1. The van der Waals surface area contributed by atoms with Crippen molar-refractivity contribution in [2.75, 3.05) is 13.2 Å². The van der Waals surface area contributed by atoms with Gasteiger partial charge in [-0.2, -0.15) is 0 Å². The molecule has 0 aliphatic carbocycles. The average molecular weight is 384 g/mol. The Hall–Kier alpha value is -2.17. The van der Waals surface area contributed by atoms with Crippen LogP contribution in [0.25, 0.3) is 11.1 Å². The third-order valence-electron chi connectivity index (χ3n) is 5.44. The summed E-state index contributed by atoms with van der Waals surface area (Å²) in [5.74, 6) is -0.866. The van der Waals surface area contributed by atoms with Crippen molar-refractivity contribution < 1.29 is 14.3 Å². The van der Waals surface area contributed by atoms with Crippen molar-refractivity contribution >= 4 is 23.4 Å². The van der Waals surface area contributed by atoms with Crippen molar-refractivity contribution in [1.82, 2.24) is 5.32 Å². The number of imide groups is 1. The maximum atomic E-state index is 12.2. The molecule has 0 aromatic heterocycles. The van der Waals surface area contributed by atoms with Gasteiger partial charge in [0.2, 0.25) is 11.8 Å². The van der Waals surface area contributed by atoms with E-state index in [0.717, 1.165) is 36.3 Å². The molecule has 0 radical (unpaired) electrons. The van der Waals surface area contributed by atoms with E-state index in [1.165, 1.54) is 5.56 Å². The van der Waals surface area contributed by atoms with E-state index in [-0.39, 0.29) is 23.1 Å². The van der Waals surface area contributed by atoms with Gasteiger partial charge in [-0.05, 0) is 29.5 Å². The summed E-state index contributed by atoms with van der Waals surface area (Å²) < 4.78 is 5.33. The number of hydrogen-bond acceptors (Lipinski definition) is 3. The van der Waals surface area contributed by atoms with Crippen LogP contribution in [0.3, 0.4) is 0 Å². The molecule has 4 rings (SSSR count). The zero-order valence-electron chi connectivity index (χ0n) is 15.3. The summed E-state index contributed by atoms with van der Waals surface area (Å²) in [6.07, 6.45) is 1.83. The van der Waals surface area contributed by atoms with Gasteiger partial charge in [0, 0.05) is 17.4 Å². The van der Waals surface area contributed by atoms with Crippen molar-refractivity contribution in [2.45, 2.75) is 32.1 Å². The molecule has 2 fully saturated rings. The lowest BCUT2D eigenvalue weighted by Crippen LogP contribution is -2.41. The predicted molar refractivity (Wildman–Crippen MR) is 105 cm³/mol. The first kappa shape index (κ1) is 18.2. The van der Waals surface area contributed by atoms with Crippen LogP contribution in [0.4, 0.5) is 0 Å². The third kappa shape index (κ3) is 3.64. The molecule has 1 unspecified atom stereocenters. The van der Waals surface area contributed by atoms with Crippen molar-refractivity contribution in [2.24, 2.45) is 5.41 Å². The maximum absolute atomic E-state index is 12.2. The quantitative estimate of drug-likeness (QED) is 0.808. The van der Waals surface area contributed by atoms with E-state index in [0.29, 0.717) is 17.9 Å². The number of halogens is 1. The fraction of sp³-hybridized carbons (Fsp3) is 0.364. The van der Waals surface area contributed by atoms with E-state index >= 15 is 0 Å². The lowest BCUT2D eigenvalue weighted by Gasteiger charge is -2.38. The lowest BCUT2D eigenvalue weighted by molar-refractivity contribution is -0.134. The Morgan fingerprint density at radius 1 is 1.15 bits per heavy atom. The average Bonchev–Trinajstić information content (AvgIpc) is 2.62. The number of ether oxygens (including phenoxy) is 1. The Kier molecular flexibility index (Phi) is 4.79. The zero-order chi connectivity index (χ0) is 19.0. The zero-order valence-corrected chi connectivity index (χ0v) is 16.0. The van der Waals surface area contributed by atoms with Crippen LogP contribution in [-0.4, -0.2) is 25.0 Å².